The third-order valence-corrected chi connectivity index (χ3v) is 3.05. The highest BCUT2D eigenvalue weighted by atomic mass is 16.5. The van der Waals surface area contributed by atoms with Crippen LogP contribution >= 0.6 is 0 Å². The smallest absolute Gasteiger partial charge is 0.132 e. The summed E-state index contributed by atoms with van der Waals surface area (Å²) in [5.74, 6) is 1.29. The fourth-order valence-electron chi connectivity index (χ4n) is 1.96. The molecule has 0 aliphatic heterocycles. The molecule has 1 heterocycles. The predicted molar refractivity (Wildman–Crippen MR) is 80.3 cm³/mol. The molecule has 0 aliphatic carbocycles. The Labute approximate surface area is 123 Å². The van der Waals surface area contributed by atoms with Crippen LogP contribution < -0.4 is 9.47 Å². The van der Waals surface area contributed by atoms with Crippen molar-refractivity contribution in [3.63, 3.8) is 0 Å². The highest BCUT2D eigenvalue weighted by molar-refractivity contribution is 6.00. The van der Waals surface area contributed by atoms with Crippen molar-refractivity contribution in [3.8, 4) is 11.5 Å². The van der Waals surface area contributed by atoms with Gasteiger partial charge in [-0.15, -0.1) is 0 Å². The number of ether oxygens (including phenoxy) is 2. The van der Waals surface area contributed by atoms with Crippen LogP contribution in [0.3, 0.4) is 0 Å². The molecular weight excluding hydrogens is 268 g/mol. The van der Waals surface area contributed by atoms with Crippen LogP contribution in [0.5, 0.6) is 11.5 Å². The lowest BCUT2D eigenvalue weighted by Gasteiger charge is -2.12. The maximum Gasteiger partial charge on any atom is 0.132 e. The van der Waals surface area contributed by atoms with Gasteiger partial charge in [-0.2, -0.15) is 0 Å². The van der Waals surface area contributed by atoms with Crippen molar-refractivity contribution in [1.82, 2.24) is 4.98 Å². The number of hydrogen-bond donors (Lipinski definition) is 1. The highest BCUT2D eigenvalue weighted by Gasteiger charge is 2.10. The van der Waals surface area contributed by atoms with Gasteiger partial charge in [-0.05, 0) is 37.6 Å². The van der Waals surface area contributed by atoms with Crippen molar-refractivity contribution < 1.29 is 14.7 Å². The van der Waals surface area contributed by atoms with Crippen LogP contribution in [0.25, 0.3) is 0 Å². The van der Waals surface area contributed by atoms with E-state index in [1.165, 1.54) is 0 Å². The zero-order chi connectivity index (χ0) is 15.2. The van der Waals surface area contributed by atoms with E-state index in [2.05, 4.69) is 10.1 Å². The molecular formula is C16H18N2O3. The summed E-state index contributed by atoms with van der Waals surface area (Å²) in [4.78, 5) is 4.14. The topological polar surface area (TPSA) is 63.9 Å². The van der Waals surface area contributed by atoms with Crippen molar-refractivity contribution in [1.29, 1.82) is 0 Å². The predicted octanol–water partition coefficient (Wildman–Crippen LogP) is 3.18. The van der Waals surface area contributed by atoms with Gasteiger partial charge in [-0.25, -0.2) is 0 Å². The summed E-state index contributed by atoms with van der Waals surface area (Å²) in [7, 11) is 1.59. The first-order valence-electron chi connectivity index (χ1n) is 6.54. The van der Waals surface area contributed by atoms with Crippen LogP contribution in [-0.4, -0.2) is 23.0 Å². The number of nitrogens with zero attached hydrogens (tertiary/aromatic N) is 2. The third kappa shape index (κ3) is 3.72. The molecule has 0 fully saturated rings. The van der Waals surface area contributed by atoms with Crippen molar-refractivity contribution >= 4 is 5.71 Å². The molecule has 0 aliphatic rings. The minimum absolute atomic E-state index is 0.382. The van der Waals surface area contributed by atoms with Gasteiger partial charge in [-0.1, -0.05) is 5.16 Å². The summed E-state index contributed by atoms with van der Waals surface area (Å²) >= 11 is 0. The molecule has 0 radical (unpaired) electrons. The molecule has 0 bridgehead atoms. The second-order valence-electron chi connectivity index (χ2n) is 4.71. The Kier molecular flexibility index (Phi) is 4.77. The van der Waals surface area contributed by atoms with E-state index in [0.29, 0.717) is 23.8 Å². The van der Waals surface area contributed by atoms with Gasteiger partial charge in [0.25, 0.3) is 0 Å². The van der Waals surface area contributed by atoms with Gasteiger partial charge in [0.1, 0.15) is 18.1 Å². The Hall–Kier alpha value is -2.56. The van der Waals surface area contributed by atoms with Crippen molar-refractivity contribution in [2.75, 3.05) is 7.11 Å². The Balaban J connectivity index is 2.25. The van der Waals surface area contributed by atoms with Gasteiger partial charge in [-0.3, -0.25) is 4.98 Å². The minimum Gasteiger partial charge on any atom is -0.497 e. The molecule has 5 nitrogen and oxygen atoms in total. The second-order valence-corrected chi connectivity index (χ2v) is 4.71. The lowest BCUT2D eigenvalue weighted by atomic mass is 10.1. The standard InChI is InChI=1S/C16H18N2O3/c1-11-6-13(9-17-8-11)10-21-16-7-14(20-3)4-5-15(16)12(2)18-19/h4-9,19H,10H2,1-3H3/b18-12+. The first kappa shape index (κ1) is 14.8. The molecule has 5 heteroatoms. The number of methoxy groups -OCH3 is 1. The number of aromatic nitrogens is 1. The number of hydrogen-bond acceptors (Lipinski definition) is 5. The van der Waals surface area contributed by atoms with E-state index in [1.807, 2.05) is 13.0 Å². The average molecular weight is 286 g/mol. The minimum atomic E-state index is 0.382. The molecule has 1 N–H and O–H groups in total. The van der Waals surface area contributed by atoms with E-state index in [-0.39, 0.29) is 0 Å². The van der Waals surface area contributed by atoms with Crippen LogP contribution in [0, 0.1) is 6.92 Å². The van der Waals surface area contributed by atoms with Gasteiger partial charge in [0.2, 0.25) is 0 Å². The molecule has 0 saturated carbocycles. The van der Waals surface area contributed by atoms with E-state index in [4.69, 9.17) is 14.7 Å². The van der Waals surface area contributed by atoms with E-state index in [0.717, 1.165) is 16.7 Å². The summed E-state index contributed by atoms with van der Waals surface area (Å²) < 4.78 is 11.0. The lowest BCUT2D eigenvalue weighted by molar-refractivity contribution is 0.300. The Morgan fingerprint density at radius 3 is 2.76 bits per heavy atom. The molecule has 0 amide bonds. The number of aryl methyl sites for hydroxylation is 1. The molecule has 1 aromatic heterocycles. The maximum atomic E-state index is 8.95. The summed E-state index contributed by atoms with van der Waals surface area (Å²) in [6, 6.07) is 7.38. The zero-order valence-corrected chi connectivity index (χ0v) is 12.3. The Morgan fingerprint density at radius 2 is 2.10 bits per heavy atom. The number of benzene rings is 1. The van der Waals surface area contributed by atoms with Gasteiger partial charge in [0.15, 0.2) is 0 Å². The van der Waals surface area contributed by atoms with Gasteiger partial charge < -0.3 is 14.7 Å². The maximum absolute atomic E-state index is 8.95. The molecule has 0 unspecified atom stereocenters. The van der Waals surface area contributed by atoms with Gasteiger partial charge >= 0.3 is 0 Å². The number of oxime groups is 1. The monoisotopic (exact) mass is 286 g/mol. The van der Waals surface area contributed by atoms with E-state index in [1.54, 1.807) is 44.6 Å². The van der Waals surface area contributed by atoms with Gasteiger partial charge in [0, 0.05) is 29.6 Å². The summed E-state index contributed by atoms with van der Waals surface area (Å²) in [5.41, 5.74) is 3.26. The first-order chi connectivity index (χ1) is 10.1. The fourth-order valence-corrected chi connectivity index (χ4v) is 1.96. The molecule has 21 heavy (non-hydrogen) atoms. The summed E-state index contributed by atoms with van der Waals surface area (Å²) in [6.07, 6.45) is 3.56. The molecule has 0 spiro atoms. The van der Waals surface area contributed by atoms with Crippen molar-refractivity contribution in [2.24, 2.45) is 5.16 Å². The lowest BCUT2D eigenvalue weighted by Crippen LogP contribution is -2.03. The Morgan fingerprint density at radius 1 is 1.29 bits per heavy atom. The van der Waals surface area contributed by atoms with E-state index >= 15 is 0 Å². The normalized spacial score (nSPS) is 11.3. The van der Waals surface area contributed by atoms with E-state index in [9.17, 15) is 0 Å². The highest BCUT2D eigenvalue weighted by Crippen LogP contribution is 2.26. The zero-order valence-electron chi connectivity index (χ0n) is 12.3. The van der Waals surface area contributed by atoms with Crippen LogP contribution in [0.15, 0.2) is 41.8 Å². The molecule has 2 rings (SSSR count). The van der Waals surface area contributed by atoms with Crippen molar-refractivity contribution in [2.45, 2.75) is 20.5 Å². The van der Waals surface area contributed by atoms with Crippen molar-refractivity contribution in [3.05, 3.63) is 53.3 Å². The van der Waals surface area contributed by atoms with Gasteiger partial charge in [0.05, 0.1) is 12.8 Å². The average Bonchev–Trinajstić information content (AvgIpc) is 2.52. The van der Waals surface area contributed by atoms with Crippen LogP contribution in [0.2, 0.25) is 0 Å². The third-order valence-electron chi connectivity index (χ3n) is 3.05. The number of rotatable bonds is 5. The summed E-state index contributed by atoms with van der Waals surface area (Å²) in [5, 5.41) is 12.2. The fraction of sp³-hybridized carbons (Fsp3) is 0.250. The molecule has 0 saturated heterocycles. The largest absolute Gasteiger partial charge is 0.497 e. The quantitative estimate of drug-likeness (QED) is 0.521. The molecule has 0 atom stereocenters. The van der Waals surface area contributed by atoms with E-state index < -0.39 is 0 Å². The Bertz CT molecular complexity index is 654. The molecule has 110 valence electrons. The first-order valence-corrected chi connectivity index (χ1v) is 6.54. The summed E-state index contributed by atoms with van der Waals surface area (Å²) in [6.45, 7) is 4.08. The SMILES string of the molecule is COc1ccc(/C(C)=N/O)c(OCc2cncc(C)c2)c1. The number of pyridine rings is 1. The second kappa shape index (κ2) is 6.74. The van der Waals surface area contributed by atoms with Crippen LogP contribution in [-0.2, 0) is 6.61 Å². The van der Waals surface area contributed by atoms with Crippen LogP contribution in [0.1, 0.15) is 23.6 Å². The molecule has 2 aromatic rings. The molecule has 1 aromatic carbocycles. The van der Waals surface area contributed by atoms with Crippen LogP contribution in [0.4, 0.5) is 0 Å².